The van der Waals surface area contributed by atoms with Gasteiger partial charge in [0.05, 0.1) is 0 Å². The summed E-state index contributed by atoms with van der Waals surface area (Å²) in [5.74, 6) is 0.910. The van der Waals surface area contributed by atoms with E-state index in [1.54, 1.807) is 0 Å². The van der Waals surface area contributed by atoms with E-state index in [-0.39, 0.29) is 0 Å². The van der Waals surface area contributed by atoms with Gasteiger partial charge >= 0.3 is 0 Å². The van der Waals surface area contributed by atoms with Crippen molar-refractivity contribution in [2.75, 3.05) is 19.6 Å². The lowest BCUT2D eigenvalue weighted by atomic mass is 9.96. The third kappa shape index (κ3) is 5.27. The smallest absolute Gasteiger partial charge is 0.0195 e. The third-order valence-corrected chi connectivity index (χ3v) is 4.45. The fourth-order valence-electron chi connectivity index (χ4n) is 3.04. The number of hydrogen-bond acceptors (Lipinski definition) is 2. The van der Waals surface area contributed by atoms with Gasteiger partial charge in [-0.25, -0.2) is 0 Å². The third-order valence-electron chi connectivity index (χ3n) is 4.45. The van der Waals surface area contributed by atoms with E-state index in [9.17, 15) is 0 Å². The van der Waals surface area contributed by atoms with Gasteiger partial charge < -0.3 is 5.32 Å². The van der Waals surface area contributed by atoms with Gasteiger partial charge in [0.15, 0.2) is 0 Å². The fourth-order valence-corrected chi connectivity index (χ4v) is 3.04. The summed E-state index contributed by atoms with van der Waals surface area (Å²) in [7, 11) is 0. The van der Waals surface area contributed by atoms with E-state index in [0.29, 0.717) is 6.04 Å². The van der Waals surface area contributed by atoms with Crippen molar-refractivity contribution >= 4 is 0 Å². The van der Waals surface area contributed by atoms with Crippen LogP contribution in [0.3, 0.4) is 0 Å². The molecule has 1 rings (SSSR count). The maximum atomic E-state index is 3.69. The Morgan fingerprint density at radius 2 is 2.00 bits per heavy atom. The fraction of sp³-hybridized carbons (Fsp3) is 1.00. The molecule has 1 saturated heterocycles. The maximum Gasteiger partial charge on any atom is 0.0195 e. The molecule has 0 bridgehead atoms. The summed E-state index contributed by atoms with van der Waals surface area (Å²) in [6, 6.07) is 1.45. The molecule has 0 aromatic carbocycles. The molecular weight excluding hydrogens is 220 g/mol. The molecule has 0 aliphatic carbocycles. The second-order valence-electron chi connectivity index (χ2n) is 6.11. The largest absolute Gasteiger partial charge is 0.311 e. The van der Waals surface area contributed by atoms with Crippen LogP contribution in [0, 0.1) is 5.92 Å². The van der Waals surface area contributed by atoms with E-state index >= 15 is 0 Å². The molecule has 0 saturated carbocycles. The van der Waals surface area contributed by atoms with E-state index in [1.165, 1.54) is 58.2 Å². The molecule has 0 aromatic heterocycles. The summed E-state index contributed by atoms with van der Waals surface area (Å²) >= 11 is 0. The number of nitrogens with zero attached hydrogens (tertiary/aromatic N) is 1. The predicted molar refractivity (Wildman–Crippen MR) is 81.0 cm³/mol. The van der Waals surface area contributed by atoms with Gasteiger partial charge in [0.2, 0.25) is 0 Å². The first kappa shape index (κ1) is 16.0. The standard InChI is InChI=1S/C16H34N2/c1-5-8-10-15(7-3)12-18-13-16(9-6-2)17-11-14(18)4/h14-17H,5-13H2,1-4H3. The monoisotopic (exact) mass is 254 g/mol. The Labute approximate surface area is 115 Å². The molecule has 108 valence electrons. The lowest BCUT2D eigenvalue weighted by Gasteiger charge is -2.40. The van der Waals surface area contributed by atoms with Gasteiger partial charge in [-0.2, -0.15) is 0 Å². The van der Waals surface area contributed by atoms with Gasteiger partial charge in [-0.05, 0) is 25.7 Å². The van der Waals surface area contributed by atoms with Gasteiger partial charge in [-0.15, -0.1) is 0 Å². The summed E-state index contributed by atoms with van der Waals surface area (Å²) in [5, 5.41) is 3.69. The van der Waals surface area contributed by atoms with Crippen molar-refractivity contribution in [2.24, 2.45) is 5.92 Å². The second-order valence-corrected chi connectivity index (χ2v) is 6.11. The van der Waals surface area contributed by atoms with E-state index in [2.05, 4.69) is 37.9 Å². The van der Waals surface area contributed by atoms with Crippen LogP contribution >= 0.6 is 0 Å². The molecule has 1 N–H and O–H groups in total. The quantitative estimate of drug-likeness (QED) is 0.711. The van der Waals surface area contributed by atoms with Crippen molar-refractivity contribution in [3.63, 3.8) is 0 Å². The van der Waals surface area contributed by atoms with Crippen molar-refractivity contribution in [1.29, 1.82) is 0 Å². The Kier molecular flexibility index (Phi) is 7.92. The molecule has 0 radical (unpaired) electrons. The van der Waals surface area contributed by atoms with Gasteiger partial charge in [0.1, 0.15) is 0 Å². The number of unbranched alkanes of at least 4 members (excludes halogenated alkanes) is 1. The molecule has 2 heteroatoms. The average Bonchev–Trinajstić information content (AvgIpc) is 2.38. The highest BCUT2D eigenvalue weighted by molar-refractivity contribution is 4.84. The van der Waals surface area contributed by atoms with Crippen LogP contribution in [-0.4, -0.2) is 36.6 Å². The van der Waals surface area contributed by atoms with Crippen LogP contribution in [0.2, 0.25) is 0 Å². The van der Waals surface area contributed by atoms with Crippen LogP contribution in [-0.2, 0) is 0 Å². The molecule has 0 aromatic rings. The highest BCUT2D eigenvalue weighted by atomic mass is 15.2. The first-order valence-corrected chi connectivity index (χ1v) is 8.18. The molecule has 1 fully saturated rings. The molecule has 1 aliphatic rings. The van der Waals surface area contributed by atoms with Crippen molar-refractivity contribution in [1.82, 2.24) is 10.2 Å². The molecule has 1 heterocycles. The molecule has 2 nitrogen and oxygen atoms in total. The van der Waals surface area contributed by atoms with E-state index in [0.717, 1.165) is 12.0 Å². The number of hydrogen-bond donors (Lipinski definition) is 1. The number of nitrogens with one attached hydrogen (secondary N) is 1. The SMILES string of the molecule is CCCCC(CC)CN1CC(CCC)NCC1C. The molecular formula is C16H34N2. The Balaban J connectivity index is 2.40. The normalized spacial score (nSPS) is 27.3. The summed E-state index contributed by atoms with van der Waals surface area (Å²) in [5.41, 5.74) is 0. The van der Waals surface area contributed by atoms with E-state index in [4.69, 9.17) is 0 Å². The van der Waals surface area contributed by atoms with Gasteiger partial charge in [0, 0.05) is 31.7 Å². The molecule has 1 aliphatic heterocycles. The zero-order valence-electron chi connectivity index (χ0n) is 13.0. The van der Waals surface area contributed by atoms with Crippen molar-refractivity contribution in [3.05, 3.63) is 0 Å². The first-order valence-electron chi connectivity index (χ1n) is 8.18. The van der Waals surface area contributed by atoms with Crippen molar-refractivity contribution in [3.8, 4) is 0 Å². The highest BCUT2D eigenvalue weighted by Gasteiger charge is 2.25. The second kappa shape index (κ2) is 8.92. The topological polar surface area (TPSA) is 15.3 Å². The first-order chi connectivity index (χ1) is 8.71. The molecule has 3 unspecified atom stereocenters. The van der Waals surface area contributed by atoms with Crippen LogP contribution in [0.15, 0.2) is 0 Å². The minimum atomic E-state index is 0.716. The summed E-state index contributed by atoms with van der Waals surface area (Å²) in [6.07, 6.45) is 8.13. The van der Waals surface area contributed by atoms with Crippen LogP contribution in [0.4, 0.5) is 0 Å². The molecule has 0 amide bonds. The summed E-state index contributed by atoms with van der Waals surface area (Å²) in [6.45, 7) is 13.1. The summed E-state index contributed by atoms with van der Waals surface area (Å²) in [4.78, 5) is 2.74. The minimum Gasteiger partial charge on any atom is -0.311 e. The van der Waals surface area contributed by atoms with Crippen molar-refractivity contribution < 1.29 is 0 Å². The number of rotatable bonds is 8. The van der Waals surface area contributed by atoms with Crippen LogP contribution < -0.4 is 5.32 Å². The minimum absolute atomic E-state index is 0.716. The molecule has 3 atom stereocenters. The summed E-state index contributed by atoms with van der Waals surface area (Å²) < 4.78 is 0. The molecule has 0 spiro atoms. The van der Waals surface area contributed by atoms with Gasteiger partial charge in [-0.1, -0.05) is 46.5 Å². The van der Waals surface area contributed by atoms with Crippen molar-refractivity contribution in [2.45, 2.75) is 78.3 Å². The zero-order chi connectivity index (χ0) is 13.4. The number of piperazine rings is 1. The van der Waals surface area contributed by atoms with E-state index in [1.807, 2.05) is 0 Å². The zero-order valence-corrected chi connectivity index (χ0v) is 13.0. The van der Waals surface area contributed by atoms with Crippen LogP contribution in [0.5, 0.6) is 0 Å². The van der Waals surface area contributed by atoms with Gasteiger partial charge in [-0.3, -0.25) is 4.90 Å². The van der Waals surface area contributed by atoms with Crippen LogP contribution in [0.1, 0.15) is 66.2 Å². The maximum absolute atomic E-state index is 3.69. The lowest BCUT2D eigenvalue weighted by molar-refractivity contribution is 0.112. The molecule has 18 heavy (non-hydrogen) atoms. The Morgan fingerprint density at radius 1 is 1.22 bits per heavy atom. The Hall–Kier alpha value is -0.0800. The Morgan fingerprint density at radius 3 is 2.61 bits per heavy atom. The van der Waals surface area contributed by atoms with Gasteiger partial charge in [0.25, 0.3) is 0 Å². The van der Waals surface area contributed by atoms with E-state index < -0.39 is 0 Å². The average molecular weight is 254 g/mol. The lowest BCUT2D eigenvalue weighted by Crippen LogP contribution is -2.56. The van der Waals surface area contributed by atoms with Crippen LogP contribution in [0.25, 0.3) is 0 Å². The predicted octanol–water partition coefficient (Wildman–Crippen LogP) is 3.67. The highest BCUT2D eigenvalue weighted by Crippen LogP contribution is 2.18. The Bertz CT molecular complexity index is 205.